The first-order valence-corrected chi connectivity index (χ1v) is 9.13. The summed E-state index contributed by atoms with van der Waals surface area (Å²) in [6, 6.07) is 8.11. The number of amides is 1. The molecule has 6 nitrogen and oxygen atoms in total. The summed E-state index contributed by atoms with van der Waals surface area (Å²) in [4.78, 5) is 17.2. The standard InChI is InChI=1S/C19H25ClN4O2/c1-19(2,24-14-16(20)12-21-24)18(25)23-9-7-22(8-10-23)13-15-5-4-6-17(11-15)26-3/h4-6,11-12,14H,7-10,13H2,1-3H3. The van der Waals surface area contributed by atoms with Crippen molar-refractivity contribution >= 4 is 17.5 Å². The summed E-state index contributed by atoms with van der Waals surface area (Å²) < 4.78 is 6.92. The number of nitrogens with zero attached hydrogens (tertiary/aromatic N) is 4. The Balaban J connectivity index is 1.58. The van der Waals surface area contributed by atoms with Crippen molar-refractivity contribution in [2.24, 2.45) is 0 Å². The van der Waals surface area contributed by atoms with Gasteiger partial charge in [-0.25, -0.2) is 0 Å². The molecule has 2 aromatic rings. The smallest absolute Gasteiger partial charge is 0.250 e. The highest BCUT2D eigenvalue weighted by Crippen LogP contribution is 2.22. The molecule has 7 heteroatoms. The van der Waals surface area contributed by atoms with E-state index in [9.17, 15) is 4.79 Å². The van der Waals surface area contributed by atoms with E-state index in [4.69, 9.17) is 16.3 Å². The van der Waals surface area contributed by atoms with Gasteiger partial charge >= 0.3 is 0 Å². The molecule has 140 valence electrons. The van der Waals surface area contributed by atoms with Gasteiger partial charge in [0.25, 0.3) is 0 Å². The number of piperazine rings is 1. The summed E-state index contributed by atoms with van der Waals surface area (Å²) in [5.41, 5.74) is 0.470. The van der Waals surface area contributed by atoms with Crippen molar-refractivity contribution in [1.29, 1.82) is 0 Å². The van der Waals surface area contributed by atoms with Gasteiger partial charge in [0, 0.05) is 38.9 Å². The van der Waals surface area contributed by atoms with Crippen LogP contribution in [0.25, 0.3) is 0 Å². The first kappa shape index (κ1) is 18.7. The quantitative estimate of drug-likeness (QED) is 0.805. The Kier molecular flexibility index (Phi) is 5.53. The van der Waals surface area contributed by atoms with E-state index >= 15 is 0 Å². The molecule has 26 heavy (non-hydrogen) atoms. The Morgan fingerprint density at radius 1 is 1.27 bits per heavy atom. The van der Waals surface area contributed by atoms with Crippen LogP contribution < -0.4 is 4.74 Å². The van der Waals surface area contributed by atoms with Crippen LogP contribution in [-0.2, 0) is 16.9 Å². The molecule has 1 aliphatic rings. The molecule has 0 N–H and O–H groups in total. The third-order valence-electron chi connectivity index (χ3n) is 4.85. The van der Waals surface area contributed by atoms with Crippen LogP contribution in [0.3, 0.4) is 0 Å². The third kappa shape index (κ3) is 4.02. The molecule has 1 aliphatic heterocycles. The van der Waals surface area contributed by atoms with E-state index < -0.39 is 5.54 Å². The van der Waals surface area contributed by atoms with Crippen LogP contribution >= 0.6 is 11.6 Å². The first-order chi connectivity index (χ1) is 12.4. The second-order valence-corrected chi connectivity index (χ2v) is 7.52. The Hall–Kier alpha value is -2.05. The summed E-state index contributed by atoms with van der Waals surface area (Å²) in [6.07, 6.45) is 3.25. The molecule has 0 unspecified atom stereocenters. The lowest BCUT2D eigenvalue weighted by atomic mass is 10.0. The zero-order chi connectivity index (χ0) is 18.7. The second kappa shape index (κ2) is 7.68. The number of halogens is 1. The van der Waals surface area contributed by atoms with Gasteiger partial charge in [-0.2, -0.15) is 5.10 Å². The van der Waals surface area contributed by atoms with Crippen LogP contribution in [-0.4, -0.2) is 58.8 Å². The maximum atomic E-state index is 13.0. The van der Waals surface area contributed by atoms with E-state index in [1.165, 1.54) is 5.56 Å². The van der Waals surface area contributed by atoms with Crippen LogP contribution in [0.2, 0.25) is 5.02 Å². The number of ether oxygens (including phenoxy) is 1. The molecule has 1 aromatic heterocycles. The van der Waals surface area contributed by atoms with Gasteiger partial charge in [0.2, 0.25) is 5.91 Å². The predicted molar refractivity (Wildman–Crippen MR) is 101 cm³/mol. The minimum atomic E-state index is -0.748. The van der Waals surface area contributed by atoms with Crippen LogP contribution in [0, 0.1) is 0 Å². The van der Waals surface area contributed by atoms with Gasteiger partial charge in [0.1, 0.15) is 11.3 Å². The Morgan fingerprint density at radius 3 is 2.62 bits per heavy atom. The molecule has 0 saturated carbocycles. The molecule has 2 heterocycles. The number of carbonyl (C=O) groups excluding carboxylic acids is 1. The van der Waals surface area contributed by atoms with E-state index in [-0.39, 0.29) is 5.91 Å². The Labute approximate surface area is 159 Å². The molecule has 0 atom stereocenters. The van der Waals surface area contributed by atoms with Crippen molar-refractivity contribution in [1.82, 2.24) is 19.6 Å². The summed E-state index contributed by atoms with van der Waals surface area (Å²) in [6.45, 7) is 7.72. The van der Waals surface area contributed by atoms with Gasteiger partial charge in [-0.15, -0.1) is 0 Å². The minimum Gasteiger partial charge on any atom is -0.497 e. The molecule has 1 amide bonds. The lowest BCUT2D eigenvalue weighted by Gasteiger charge is -2.38. The summed E-state index contributed by atoms with van der Waals surface area (Å²) in [7, 11) is 1.68. The maximum absolute atomic E-state index is 13.0. The fourth-order valence-corrected chi connectivity index (χ4v) is 3.37. The average molecular weight is 377 g/mol. The van der Waals surface area contributed by atoms with Crippen molar-refractivity contribution < 1.29 is 9.53 Å². The number of benzene rings is 1. The van der Waals surface area contributed by atoms with Crippen molar-refractivity contribution in [2.75, 3.05) is 33.3 Å². The third-order valence-corrected chi connectivity index (χ3v) is 5.04. The highest BCUT2D eigenvalue weighted by atomic mass is 35.5. The molecule has 0 radical (unpaired) electrons. The summed E-state index contributed by atoms with van der Waals surface area (Å²) in [5, 5.41) is 4.74. The molecular weight excluding hydrogens is 352 g/mol. The maximum Gasteiger partial charge on any atom is 0.250 e. The Bertz CT molecular complexity index is 766. The van der Waals surface area contributed by atoms with Gasteiger partial charge in [-0.1, -0.05) is 23.7 Å². The predicted octanol–water partition coefficient (Wildman–Crippen LogP) is 2.62. The van der Waals surface area contributed by atoms with E-state index in [0.717, 1.165) is 25.4 Å². The van der Waals surface area contributed by atoms with E-state index in [2.05, 4.69) is 22.1 Å². The molecule has 3 rings (SSSR count). The molecular formula is C19H25ClN4O2. The average Bonchev–Trinajstić information content (AvgIpc) is 3.09. The SMILES string of the molecule is COc1cccc(CN2CCN(C(=O)C(C)(C)n3cc(Cl)cn3)CC2)c1. The van der Waals surface area contributed by atoms with Crippen molar-refractivity contribution in [2.45, 2.75) is 25.9 Å². The van der Waals surface area contributed by atoms with Gasteiger partial charge in [-0.05, 0) is 31.5 Å². The van der Waals surface area contributed by atoms with Crippen LogP contribution in [0.4, 0.5) is 0 Å². The van der Waals surface area contributed by atoms with Crippen LogP contribution in [0.1, 0.15) is 19.4 Å². The van der Waals surface area contributed by atoms with Crippen LogP contribution in [0.5, 0.6) is 5.75 Å². The van der Waals surface area contributed by atoms with Crippen LogP contribution in [0.15, 0.2) is 36.7 Å². The van der Waals surface area contributed by atoms with E-state index in [0.29, 0.717) is 18.1 Å². The number of aromatic nitrogens is 2. The van der Waals surface area contributed by atoms with Crippen molar-refractivity contribution in [3.05, 3.63) is 47.2 Å². The fraction of sp³-hybridized carbons (Fsp3) is 0.474. The van der Waals surface area contributed by atoms with Crippen molar-refractivity contribution in [3.8, 4) is 5.75 Å². The topological polar surface area (TPSA) is 50.6 Å². The highest BCUT2D eigenvalue weighted by Gasteiger charge is 2.36. The minimum absolute atomic E-state index is 0.0679. The summed E-state index contributed by atoms with van der Waals surface area (Å²) >= 11 is 5.95. The van der Waals surface area contributed by atoms with Gasteiger partial charge in [0.05, 0.1) is 18.3 Å². The second-order valence-electron chi connectivity index (χ2n) is 7.08. The number of methoxy groups -OCH3 is 1. The fourth-order valence-electron chi connectivity index (χ4n) is 3.23. The van der Waals surface area contributed by atoms with Gasteiger partial charge in [-0.3, -0.25) is 14.4 Å². The lowest BCUT2D eigenvalue weighted by molar-refractivity contribution is -0.141. The van der Waals surface area contributed by atoms with E-state index in [1.807, 2.05) is 30.9 Å². The summed E-state index contributed by atoms with van der Waals surface area (Å²) in [5.74, 6) is 0.939. The molecule has 0 aliphatic carbocycles. The number of hydrogen-bond acceptors (Lipinski definition) is 4. The number of carbonyl (C=O) groups is 1. The largest absolute Gasteiger partial charge is 0.497 e. The molecule has 1 saturated heterocycles. The normalized spacial score (nSPS) is 15.9. The zero-order valence-corrected chi connectivity index (χ0v) is 16.2. The van der Waals surface area contributed by atoms with Gasteiger partial charge in [0.15, 0.2) is 0 Å². The number of hydrogen-bond donors (Lipinski definition) is 0. The molecule has 0 spiro atoms. The van der Waals surface area contributed by atoms with Gasteiger partial charge < -0.3 is 9.64 Å². The molecule has 0 bridgehead atoms. The van der Waals surface area contributed by atoms with E-state index in [1.54, 1.807) is 24.2 Å². The number of rotatable bonds is 5. The molecule has 1 aromatic carbocycles. The zero-order valence-electron chi connectivity index (χ0n) is 15.5. The monoisotopic (exact) mass is 376 g/mol. The molecule has 1 fully saturated rings. The van der Waals surface area contributed by atoms with Crippen molar-refractivity contribution in [3.63, 3.8) is 0 Å². The first-order valence-electron chi connectivity index (χ1n) is 8.75. The lowest BCUT2D eigenvalue weighted by Crippen LogP contribution is -2.54. The Morgan fingerprint density at radius 2 is 2.00 bits per heavy atom. The highest BCUT2D eigenvalue weighted by molar-refractivity contribution is 6.30.